The normalized spacial score (nSPS) is 20.4. The Bertz CT molecular complexity index is 999. The third-order valence-electron chi connectivity index (χ3n) is 5.81. The molecular weight excluding hydrogens is 480 g/mol. The van der Waals surface area contributed by atoms with Crippen LogP contribution in [-0.2, 0) is 12.7 Å². The van der Waals surface area contributed by atoms with Gasteiger partial charge < -0.3 is 20.5 Å². The highest BCUT2D eigenvalue weighted by Crippen LogP contribution is 2.39. The topological polar surface area (TPSA) is 92.2 Å². The van der Waals surface area contributed by atoms with E-state index in [0.717, 1.165) is 0 Å². The first kappa shape index (κ1) is 26.8. The van der Waals surface area contributed by atoms with Crippen LogP contribution in [0.15, 0.2) is 24.5 Å². The molecule has 3 N–H and O–H groups in total. The molecule has 13 heteroatoms. The molecule has 1 unspecified atom stereocenters. The van der Waals surface area contributed by atoms with Gasteiger partial charge in [-0.05, 0) is 30.7 Å². The van der Waals surface area contributed by atoms with E-state index in [1.165, 1.54) is 6.20 Å². The van der Waals surface area contributed by atoms with Crippen molar-refractivity contribution in [2.45, 2.75) is 70.6 Å². The molecule has 0 aliphatic heterocycles. The zero-order valence-corrected chi connectivity index (χ0v) is 19.2. The van der Waals surface area contributed by atoms with Gasteiger partial charge in [0.1, 0.15) is 11.4 Å². The van der Waals surface area contributed by atoms with E-state index >= 15 is 0 Å². The van der Waals surface area contributed by atoms with Crippen LogP contribution < -0.4 is 15.4 Å². The van der Waals surface area contributed by atoms with E-state index < -0.39 is 42.5 Å². The highest BCUT2D eigenvalue weighted by molar-refractivity contribution is 5.50. The molecule has 3 rings (SSSR count). The van der Waals surface area contributed by atoms with Crippen LogP contribution in [0.1, 0.15) is 50.7 Å². The first-order chi connectivity index (χ1) is 16.2. The van der Waals surface area contributed by atoms with Crippen molar-refractivity contribution in [2.75, 3.05) is 17.2 Å². The lowest BCUT2D eigenvalue weighted by atomic mass is 9.73. The van der Waals surface area contributed by atoms with Crippen LogP contribution in [0.2, 0.25) is 0 Å². The number of aromatic nitrogens is 3. The average molecular weight is 507 g/mol. The molecule has 1 aliphatic rings. The summed E-state index contributed by atoms with van der Waals surface area (Å²) in [6.45, 7) is 3.05. The molecule has 2 aromatic heterocycles. The maximum atomic E-state index is 13.6. The zero-order valence-electron chi connectivity index (χ0n) is 19.2. The minimum Gasteiger partial charge on any atom is -0.477 e. The van der Waals surface area contributed by atoms with Crippen molar-refractivity contribution in [2.24, 2.45) is 5.41 Å². The molecule has 0 amide bonds. The van der Waals surface area contributed by atoms with Gasteiger partial charge in [0.2, 0.25) is 11.8 Å². The number of halogens is 6. The van der Waals surface area contributed by atoms with E-state index in [9.17, 15) is 31.4 Å². The van der Waals surface area contributed by atoms with E-state index in [4.69, 9.17) is 4.74 Å². The average Bonchev–Trinajstić information content (AvgIpc) is 2.74. The minimum atomic E-state index is -4.69. The van der Waals surface area contributed by atoms with Crippen LogP contribution in [0, 0.1) is 5.41 Å². The number of ether oxygens (including phenoxy) is 1. The second kappa shape index (κ2) is 10.4. The van der Waals surface area contributed by atoms with E-state index in [2.05, 4.69) is 25.6 Å². The van der Waals surface area contributed by atoms with Gasteiger partial charge in [0.05, 0.1) is 19.1 Å². The number of aliphatic hydroxyl groups is 1. The summed E-state index contributed by atoms with van der Waals surface area (Å²) in [4.78, 5) is 11.7. The van der Waals surface area contributed by atoms with E-state index in [1.54, 1.807) is 12.1 Å². The first-order valence-corrected chi connectivity index (χ1v) is 11.0. The smallest absolute Gasteiger partial charge is 0.421 e. The Labute approximate surface area is 198 Å². The van der Waals surface area contributed by atoms with Crippen molar-refractivity contribution in [3.63, 3.8) is 0 Å². The molecule has 2 heterocycles. The highest BCUT2D eigenvalue weighted by Gasteiger charge is 2.39. The number of hydrogen-bond acceptors (Lipinski definition) is 7. The Kier molecular flexibility index (Phi) is 7.97. The number of aliphatic hydroxyl groups excluding tert-OH is 1. The Morgan fingerprint density at radius 1 is 1.14 bits per heavy atom. The lowest BCUT2D eigenvalue weighted by Crippen LogP contribution is -2.41. The molecule has 194 valence electrons. The van der Waals surface area contributed by atoms with Gasteiger partial charge >= 0.3 is 12.4 Å². The quantitative estimate of drug-likeness (QED) is 0.424. The molecule has 1 aliphatic carbocycles. The number of anilines is 2. The zero-order chi connectivity index (χ0) is 25.9. The third-order valence-corrected chi connectivity index (χ3v) is 5.81. The molecule has 0 saturated heterocycles. The Balaban J connectivity index is 1.73. The Morgan fingerprint density at radius 3 is 2.54 bits per heavy atom. The summed E-state index contributed by atoms with van der Waals surface area (Å²) in [5.41, 5.74) is -1.11. The number of rotatable bonds is 8. The second-order valence-corrected chi connectivity index (χ2v) is 9.12. The van der Waals surface area contributed by atoms with Crippen molar-refractivity contribution in [1.29, 1.82) is 0 Å². The lowest BCUT2D eigenvalue weighted by molar-refractivity contribution is -0.140. The summed E-state index contributed by atoms with van der Waals surface area (Å²) in [6, 6.07) is 2.78. The fourth-order valence-corrected chi connectivity index (χ4v) is 3.85. The molecule has 0 bridgehead atoms. The molecule has 0 spiro atoms. The van der Waals surface area contributed by atoms with Gasteiger partial charge in [-0.25, -0.2) is 9.97 Å². The van der Waals surface area contributed by atoms with Crippen molar-refractivity contribution in [1.82, 2.24) is 15.0 Å². The summed E-state index contributed by atoms with van der Waals surface area (Å²) in [5.74, 6) is -0.529. The maximum Gasteiger partial charge on any atom is 0.421 e. The van der Waals surface area contributed by atoms with Gasteiger partial charge in [-0.3, -0.25) is 0 Å². The molecule has 0 radical (unpaired) electrons. The van der Waals surface area contributed by atoms with Crippen LogP contribution in [-0.4, -0.2) is 45.0 Å². The third kappa shape index (κ3) is 7.58. The first-order valence-electron chi connectivity index (χ1n) is 11.0. The Hall–Kier alpha value is -2.83. The van der Waals surface area contributed by atoms with Gasteiger partial charge in [0, 0.05) is 30.5 Å². The number of nitrogens with one attached hydrogen (secondary N) is 2. The second-order valence-electron chi connectivity index (χ2n) is 9.12. The van der Waals surface area contributed by atoms with Crippen molar-refractivity contribution in [3.05, 3.63) is 35.7 Å². The van der Waals surface area contributed by atoms with Gasteiger partial charge in [-0.2, -0.15) is 31.3 Å². The molecule has 2 aromatic rings. The van der Waals surface area contributed by atoms with Crippen LogP contribution >= 0.6 is 0 Å². The van der Waals surface area contributed by atoms with Gasteiger partial charge in [-0.1, -0.05) is 19.9 Å². The predicted octanol–water partition coefficient (Wildman–Crippen LogP) is 5.19. The summed E-state index contributed by atoms with van der Waals surface area (Å²) in [5, 5.41) is 15.8. The molecule has 1 fully saturated rings. The van der Waals surface area contributed by atoms with E-state index in [0.29, 0.717) is 31.0 Å². The molecule has 2 atom stereocenters. The largest absolute Gasteiger partial charge is 0.477 e. The van der Waals surface area contributed by atoms with Gasteiger partial charge in [-0.15, -0.1) is 0 Å². The molecular formula is C22H27F6N5O2. The summed E-state index contributed by atoms with van der Waals surface area (Å²) >= 11 is 0. The number of pyridine rings is 1. The lowest BCUT2D eigenvalue weighted by Gasteiger charge is -2.40. The van der Waals surface area contributed by atoms with Crippen LogP contribution in [0.4, 0.5) is 38.1 Å². The predicted molar refractivity (Wildman–Crippen MR) is 116 cm³/mol. The molecule has 1 saturated carbocycles. The van der Waals surface area contributed by atoms with Gasteiger partial charge in [0.15, 0.2) is 0 Å². The molecule has 7 nitrogen and oxygen atoms in total. The van der Waals surface area contributed by atoms with Gasteiger partial charge in [0.25, 0.3) is 0 Å². The minimum absolute atomic E-state index is 0.0301. The van der Waals surface area contributed by atoms with Crippen molar-refractivity contribution >= 4 is 11.8 Å². The number of alkyl halides is 6. The number of hydrogen-bond donors (Lipinski definition) is 3. The molecule has 0 aromatic carbocycles. The highest BCUT2D eigenvalue weighted by atomic mass is 19.4. The SMILES string of the molecule is CC1(C)CC(Nc2nc(NCc3cccnc3OCCC(F)(F)F)ncc2C(F)(F)F)CC[C@@H]1O. The number of nitrogens with zero attached hydrogens (tertiary/aromatic N) is 3. The summed E-state index contributed by atoms with van der Waals surface area (Å²) < 4.78 is 83.0. The fraction of sp³-hybridized carbons (Fsp3) is 0.591. The van der Waals surface area contributed by atoms with Crippen LogP contribution in [0.5, 0.6) is 5.88 Å². The standard InChI is InChI=1S/C22H27F6N5O2/c1-20(2)10-14(5-6-16(20)34)32-17-15(22(26,27)28)12-31-19(33-17)30-11-13-4-3-8-29-18(13)35-9-7-21(23,24)25/h3-4,8,12,14,16,34H,5-7,9-11H2,1-2H3,(H2,30,31,32,33)/t14?,16-/m0/s1. The van der Waals surface area contributed by atoms with Crippen LogP contribution in [0.25, 0.3) is 0 Å². The van der Waals surface area contributed by atoms with Crippen molar-refractivity contribution < 1.29 is 36.2 Å². The Morgan fingerprint density at radius 2 is 1.89 bits per heavy atom. The monoisotopic (exact) mass is 507 g/mol. The molecule has 35 heavy (non-hydrogen) atoms. The van der Waals surface area contributed by atoms with E-state index in [1.807, 2.05) is 13.8 Å². The summed E-state index contributed by atoms with van der Waals surface area (Å²) in [6.07, 6.45) is -7.37. The van der Waals surface area contributed by atoms with Crippen molar-refractivity contribution in [3.8, 4) is 5.88 Å². The van der Waals surface area contributed by atoms with Crippen LogP contribution in [0.3, 0.4) is 0 Å². The fourth-order valence-electron chi connectivity index (χ4n) is 3.85. The van der Waals surface area contributed by atoms with E-state index in [-0.39, 0.29) is 30.2 Å². The maximum absolute atomic E-state index is 13.6. The summed E-state index contributed by atoms with van der Waals surface area (Å²) in [7, 11) is 0.